The van der Waals surface area contributed by atoms with E-state index in [1.807, 2.05) is 42.5 Å². The van der Waals surface area contributed by atoms with Gasteiger partial charge in [-0.05, 0) is 23.8 Å². The van der Waals surface area contributed by atoms with E-state index >= 15 is 0 Å². The van der Waals surface area contributed by atoms with Crippen LogP contribution in [0.25, 0.3) is 22.5 Å². The van der Waals surface area contributed by atoms with Crippen molar-refractivity contribution < 1.29 is 21.6 Å². The van der Waals surface area contributed by atoms with Gasteiger partial charge in [-0.3, -0.25) is 9.97 Å². The van der Waals surface area contributed by atoms with Crippen LogP contribution in [0, 0.1) is 0 Å². The van der Waals surface area contributed by atoms with Gasteiger partial charge < -0.3 is 5.32 Å². The van der Waals surface area contributed by atoms with Crippen molar-refractivity contribution in [3.63, 3.8) is 0 Å². The molecule has 0 aliphatic heterocycles. The fourth-order valence-electron chi connectivity index (χ4n) is 3.15. The van der Waals surface area contributed by atoms with Gasteiger partial charge in [-0.1, -0.05) is 30.3 Å². The highest BCUT2D eigenvalue weighted by Gasteiger charge is 2.35. The van der Waals surface area contributed by atoms with Crippen LogP contribution in [-0.4, -0.2) is 34.6 Å². The van der Waals surface area contributed by atoms with Crippen molar-refractivity contribution >= 4 is 15.8 Å². The minimum atomic E-state index is -4.74. The van der Waals surface area contributed by atoms with Crippen molar-refractivity contribution in [3.05, 3.63) is 84.4 Å². The first kappa shape index (κ1) is 23.3. The largest absolute Gasteiger partial charge is 0.419 e. The van der Waals surface area contributed by atoms with Gasteiger partial charge in [0.1, 0.15) is 5.56 Å². The topological polar surface area (TPSA) is 97.7 Å². The number of hydrogen-bond acceptors (Lipinski definition) is 7. The Morgan fingerprint density at radius 3 is 2.35 bits per heavy atom. The number of pyridine rings is 2. The monoisotopic (exact) mass is 485 g/mol. The molecule has 1 N–H and O–H groups in total. The molecule has 0 bridgehead atoms. The summed E-state index contributed by atoms with van der Waals surface area (Å²) in [6.45, 7) is 0.259. The number of anilines is 1. The van der Waals surface area contributed by atoms with Crippen molar-refractivity contribution in [1.82, 2.24) is 19.9 Å². The van der Waals surface area contributed by atoms with Gasteiger partial charge in [0.15, 0.2) is 9.84 Å². The predicted octanol–water partition coefficient (Wildman–Crippen LogP) is 4.64. The maximum absolute atomic E-state index is 13.6. The summed E-state index contributed by atoms with van der Waals surface area (Å²) < 4.78 is 64.4. The summed E-state index contributed by atoms with van der Waals surface area (Å²) >= 11 is 0. The van der Waals surface area contributed by atoms with Gasteiger partial charge in [0.2, 0.25) is 5.95 Å². The highest BCUT2D eigenvalue weighted by atomic mass is 32.2. The normalized spacial score (nSPS) is 11.9. The van der Waals surface area contributed by atoms with Crippen molar-refractivity contribution in [1.29, 1.82) is 0 Å². The first-order valence-electron chi connectivity index (χ1n) is 9.95. The van der Waals surface area contributed by atoms with E-state index in [0.29, 0.717) is 6.20 Å². The van der Waals surface area contributed by atoms with Crippen LogP contribution in [0.1, 0.15) is 11.1 Å². The van der Waals surface area contributed by atoms with E-state index in [2.05, 4.69) is 25.3 Å². The summed E-state index contributed by atoms with van der Waals surface area (Å²) in [5.41, 5.74) is 0.961. The Morgan fingerprint density at radius 2 is 1.71 bits per heavy atom. The van der Waals surface area contributed by atoms with Crippen LogP contribution >= 0.6 is 0 Å². The number of alkyl halides is 3. The smallest absolute Gasteiger partial charge is 0.350 e. The van der Waals surface area contributed by atoms with Crippen molar-refractivity contribution in [2.75, 3.05) is 11.6 Å². The van der Waals surface area contributed by atoms with Gasteiger partial charge in [0.25, 0.3) is 0 Å². The second-order valence-electron chi connectivity index (χ2n) is 7.40. The van der Waals surface area contributed by atoms with Gasteiger partial charge in [-0.2, -0.15) is 13.2 Å². The summed E-state index contributed by atoms with van der Waals surface area (Å²) in [5, 5.41) is 2.91. The molecule has 3 aromatic heterocycles. The van der Waals surface area contributed by atoms with Crippen LogP contribution < -0.4 is 5.32 Å². The Kier molecular flexibility index (Phi) is 6.29. The van der Waals surface area contributed by atoms with Crippen LogP contribution in [0.3, 0.4) is 0 Å². The fourth-order valence-corrected chi connectivity index (χ4v) is 3.75. The van der Waals surface area contributed by atoms with E-state index in [1.54, 1.807) is 6.20 Å². The molecule has 4 rings (SSSR count). The number of hydrogen-bond donors (Lipinski definition) is 1. The molecule has 34 heavy (non-hydrogen) atoms. The molecule has 7 nitrogen and oxygen atoms in total. The molecule has 174 valence electrons. The standard InChI is InChI=1S/C23H18F3N5O2S/c1-34(32,33)18-10-17(12-27-13-18)21-19(23(24,25)26)14-30-22(31-21)29-11-15-5-7-16(8-6-15)20-4-2-3-9-28-20/h2-10,12-14H,11H2,1H3,(H,29,30,31). The van der Waals surface area contributed by atoms with E-state index in [0.717, 1.165) is 41.5 Å². The lowest BCUT2D eigenvalue weighted by atomic mass is 10.1. The molecule has 0 aliphatic rings. The lowest BCUT2D eigenvalue weighted by Gasteiger charge is -2.14. The van der Waals surface area contributed by atoms with Crippen LogP contribution in [0.4, 0.5) is 19.1 Å². The van der Waals surface area contributed by atoms with Gasteiger partial charge in [0, 0.05) is 48.7 Å². The molecule has 0 atom stereocenters. The SMILES string of the molecule is CS(=O)(=O)c1cncc(-c2nc(NCc3ccc(-c4ccccn4)cc3)ncc2C(F)(F)F)c1. The molecule has 0 fully saturated rings. The molecule has 0 saturated carbocycles. The van der Waals surface area contributed by atoms with Gasteiger partial charge in [-0.15, -0.1) is 0 Å². The van der Waals surface area contributed by atoms with Crippen LogP contribution in [0.2, 0.25) is 0 Å². The average molecular weight is 485 g/mol. The van der Waals surface area contributed by atoms with E-state index in [1.165, 1.54) is 0 Å². The molecular formula is C23H18F3N5O2S. The zero-order chi connectivity index (χ0) is 24.3. The van der Waals surface area contributed by atoms with Crippen molar-refractivity contribution in [2.24, 2.45) is 0 Å². The fraction of sp³-hybridized carbons (Fsp3) is 0.130. The zero-order valence-electron chi connectivity index (χ0n) is 17.8. The lowest BCUT2D eigenvalue weighted by Crippen LogP contribution is -2.12. The molecular weight excluding hydrogens is 467 g/mol. The number of aromatic nitrogens is 4. The second-order valence-corrected chi connectivity index (χ2v) is 9.42. The number of benzene rings is 1. The zero-order valence-corrected chi connectivity index (χ0v) is 18.6. The minimum absolute atomic E-state index is 0.0402. The third-order valence-electron chi connectivity index (χ3n) is 4.87. The average Bonchev–Trinajstić information content (AvgIpc) is 2.82. The molecule has 0 aliphatic carbocycles. The molecule has 0 amide bonds. The quantitative estimate of drug-likeness (QED) is 0.425. The Bertz CT molecular complexity index is 1410. The third-order valence-corrected chi connectivity index (χ3v) is 5.95. The van der Waals surface area contributed by atoms with Gasteiger partial charge in [0.05, 0.1) is 16.3 Å². The van der Waals surface area contributed by atoms with E-state index in [-0.39, 0.29) is 23.0 Å². The predicted molar refractivity (Wildman–Crippen MR) is 120 cm³/mol. The summed E-state index contributed by atoms with van der Waals surface area (Å²) in [5.74, 6) is -0.0402. The Labute approximate surface area is 193 Å². The van der Waals surface area contributed by atoms with Gasteiger partial charge in [-0.25, -0.2) is 18.4 Å². The number of rotatable bonds is 6. The van der Waals surface area contributed by atoms with Crippen LogP contribution in [-0.2, 0) is 22.6 Å². The third kappa shape index (κ3) is 5.37. The number of halogens is 3. The molecule has 0 spiro atoms. The minimum Gasteiger partial charge on any atom is -0.350 e. The highest BCUT2D eigenvalue weighted by Crippen LogP contribution is 2.36. The molecule has 0 saturated heterocycles. The second kappa shape index (κ2) is 9.18. The van der Waals surface area contributed by atoms with E-state index in [9.17, 15) is 21.6 Å². The van der Waals surface area contributed by atoms with Crippen molar-refractivity contribution in [3.8, 4) is 22.5 Å². The first-order chi connectivity index (χ1) is 16.1. The molecule has 3 heterocycles. The molecule has 1 aromatic carbocycles. The van der Waals surface area contributed by atoms with E-state index in [4.69, 9.17) is 0 Å². The first-order valence-corrected chi connectivity index (χ1v) is 11.8. The Hall–Kier alpha value is -3.86. The maximum atomic E-state index is 13.6. The summed E-state index contributed by atoms with van der Waals surface area (Å²) in [4.78, 5) is 15.7. The van der Waals surface area contributed by atoms with Crippen molar-refractivity contribution in [2.45, 2.75) is 17.6 Å². The number of sulfone groups is 1. The Morgan fingerprint density at radius 1 is 0.941 bits per heavy atom. The van der Waals surface area contributed by atoms with Gasteiger partial charge >= 0.3 is 6.18 Å². The summed E-state index contributed by atoms with van der Waals surface area (Å²) in [6.07, 6.45) is 0.779. The number of nitrogens with one attached hydrogen (secondary N) is 1. The maximum Gasteiger partial charge on any atom is 0.419 e. The summed E-state index contributed by atoms with van der Waals surface area (Å²) in [6, 6.07) is 14.2. The molecule has 0 unspecified atom stereocenters. The molecule has 4 aromatic rings. The van der Waals surface area contributed by atoms with Crippen LogP contribution in [0.5, 0.6) is 0 Å². The molecule has 0 radical (unpaired) electrons. The lowest BCUT2D eigenvalue weighted by molar-refractivity contribution is -0.137. The summed E-state index contributed by atoms with van der Waals surface area (Å²) in [7, 11) is -3.67. The Balaban J connectivity index is 1.60. The number of nitrogens with zero attached hydrogens (tertiary/aromatic N) is 4. The van der Waals surface area contributed by atoms with Crippen LogP contribution in [0.15, 0.2) is 78.2 Å². The molecule has 11 heteroatoms. The van der Waals surface area contributed by atoms with E-state index < -0.39 is 27.3 Å². The highest BCUT2D eigenvalue weighted by molar-refractivity contribution is 7.90.